The lowest BCUT2D eigenvalue weighted by molar-refractivity contribution is 0.0380. The van der Waals surface area contributed by atoms with Gasteiger partial charge in [-0.2, -0.15) is 15.4 Å². The zero-order valence-corrected chi connectivity index (χ0v) is 12.9. The van der Waals surface area contributed by atoms with Gasteiger partial charge in [-0.15, -0.1) is 0 Å². The third-order valence-electron chi connectivity index (χ3n) is 4.43. The molecular formula is C17H17N5O2. The van der Waals surface area contributed by atoms with E-state index in [0.29, 0.717) is 24.4 Å². The molecule has 1 aliphatic rings. The molecule has 3 N–H and O–H groups in total. The highest BCUT2D eigenvalue weighted by Gasteiger charge is 2.41. The number of hydrogen-bond donors (Lipinski definition) is 3. The highest BCUT2D eigenvalue weighted by atomic mass is 16.3. The number of carbonyl (C=O) groups excluding carboxylic acids is 1. The van der Waals surface area contributed by atoms with Gasteiger partial charge in [-0.05, 0) is 17.7 Å². The van der Waals surface area contributed by atoms with Crippen LogP contribution in [0.15, 0.2) is 48.7 Å². The molecule has 0 spiro atoms. The van der Waals surface area contributed by atoms with E-state index in [1.807, 2.05) is 36.4 Å². The Labute approximate surface area is 138 Å². The molecule has 1 atom stereocenters. The summed E-state index contributed by atoms with van der Waals surface area (Å²) in [5.41, 5.74) is 1.76. The Morgan fingerprint density at radius 2 is 2.04 bits per heavy atom. The van der Waals surface area contributed by atoms with Crippen LogP contribution in [0.1, 0.15) is 22.6 Å². The van der Waals surface area contributed by atoms with Crippen molar-refractivity contribution in [1.29, 1.82) is 0 Å². The van der Waals surface area contributed by atoms with E-state index in [0.717, 1.165) is 11.3 Å². The molecule has 122 valence electrons. The summed E-state index contributed by atoms with van der Waals surface area (Å²) in [5.74, 6) is -0.128. The molecule has 1 aromatic carbocycles. The molecule has 3 heterocycles. The zero-order valence-electron chi connectivity index (χ0n) is 12.9. The summed E-state index contributed by atoms with van der Waals surface area (Å²) in [6.07, 6.45) is 1.94. The molecule has 4 rings (SSSR count). The first-order chi connectivity index (χ1) is 11.7. The van der Waals surface area contributed by atoms with Gasteiger partial charge in [-0.3, -0.25) is 4.79 Å². The third kappa shape index (κ3) is 2.48. The highest BCUT2D eigenvalue weighted by molar-refractivity contribution is 5.93. The van der Waals surface area contributed by atoms with Crippen LogP contribution in [-0.4, -0.2) is 49.4 Å². The monoisotopic (exact) mass is 323 g/mol. The predicted molar refractivity (Wildman–Crippen MR) is 87.0 cm³/mol. The maximum absolute atomic E-state index is 12.7. The van der Waals surface area contributed by atoms with Crippen LogP contribution in [0.4, 0.5) is 0 Å². The summed E-state index contributed by atoms with van der Waals surface area (Å²) in [4.78, 5) is 17.5. The van der Waals surface area contributed by atoms with Gasteiger partial charge >= 0.3 is 0 Å². The van der Waals surface area contributed by atoms with Gasteiger partial charge in [0.05, 0.1) is 12.7 Å². The summed E-state index contributed by atoms with van der Waals surface area (Å²) in [7, 11) is 0. The Morgan fingerprint density at radius 3 is 2.79 bits per heavy atom. The molecule has 1 fully saturated rings. The van der Waals surface area contributed by atoms with Gasteiger partial charge in [0.25, 0.3) is 5.91 Å². The number of H-pyrrole nitrogens is 2. The van der Waals surface area contributed by atoms with Crippen LogP contribution >= 0.6 is 0 Å². The Morgan fingerprint density at radius 1 is 1.21 bits per heavy atom. The van der Waals surface area contributed by atoms with E-state index in [9.17, 15) is 9.90 Å². The van der Waals surface area contributed by atoms with E-state index < -0.39 is 5.60 Å². The summed E-state index contributed by atoms with van der Waals surface area (Å²) in [6.45, 7) is 0.680. The van der Waals surface area contributed by atoms with Gasteiger partial charge in [-0.1, -0.05) is 30.3 Å². The highest BCUT2D eigenvalue weighted by Crippen LogP contribution is 2.31. The normalized spacial score (nSPS) is 20.5. The lowest BCUT2D eigenvalue weighted by Gasteiger charge is -2.20. The summed E-state index contributed by atoms with van der Waals surface area (Å²) in [5, 5.41) is 20.9. The van der Waals surface area contributed by atoms with Crippen LogP contribution in [0, 0.1) is 0 Å². The van der Waals surface area contributed by atoms with Crippen molar-refractivity contribution in [1.82, 2.24) is 25.3 Å². The van der Waals surface area contributed by atoms with Crippen molar-refractivity contribution in [2.45, 2.75) is 12.0 Å². The average Bonchev–Trinajstić information content (AvgIpc) is 3.36. The lowest BCUT2D eigenvalue weighted by atomic mass is 10.00. The molecule has 2 aromatic heterocycles. The number of aromatic amines is 2. The van der Waals surface area contributed by atoms with Crippen LogP contribution in [0.2, 0.25) is 0 Å². The van der Waals surface area contributed by atoms with E-state index in [4.69, 9.17) is 0 Å². The molecule has 0 aliphatic carbocycles. The fourth-order valence-corrected chi connectivity index (χ4v) is 3.08. The Kier molecular flexibility index (Phi) is 3.42. The number of benzene rings is 1. The molecule has 7 nitrogen and oxygen atoms in total. The maximum atomic E-state index is 12.7. The molecule has 0 unspecified atom stereocenters. The van der Waals surface area contributed by atoms with Crippen molar-refractivity contribution in [3.8, 4) is 11.3 Å². The molecule has 0 saturated carbocycles. The Hall–Kier alpha value is -2.93. The maximum Gasteiger partial charge on any atom is 0.270 e. The molecular weight excluding hydrogens is 306 g/mol. The van der Waals surface area contributed by atoms with Crippen molar-refractivity contribution < 1.29 is 9.90 Å². The average molecular weight is 323 g/mol. The molecule has 1 saturated heterocycles. The van der Waals surface area contributed by atoms with E-state index in [2.05, 4.69) is 20.4 Å². The van der Waals surface area contributed by atoms with Crippen molar-refractivity contribution in [3.63, 3.8) is 0 Å². The first-order valence-electron chi connectivity index (χ1n) is 7.78. The van der Waals surface area contributed by atoms with Gasteiger partial charge in [0.2, 0.25) is 0 Å². The van der Waals surface area contributed by atoms with Gasteiger partial charge < -0.3 is 15.0 Å². The fraction of sp³-hybridized carbons (Fsp3) is 0.235. The topological polar surface area (TPSA) is 97.9 Å². The number of hydrogen-bond acceptors (Lipinski definition) is 4. The molecule has 1 aliphatic heterocycles. The molecule has 0 bridgehead atoms. The zero-order chi connectivity index (χ0) is 16.6. The third-order valence-corrected chi connectivity index (χ3v) is 4.43. The Bertz CT molecular complexity index is 843. The summed E-state index contributed by atoms with van der Waals surface area (Å²) < 4.78 is 0. The van der Waals surface area contributed by atoms with Crippen LogP contribution in [0.5, 0.6) is 0 Å². The van der Waals surface area contributed by atoms with Crippen molar-refractivity contribution in [2.75, 3.05) is 13.1 Å². The van der Waals surface area contributed by atoms with E-state index in [1.165, 1.54) is 6.20 Å². The van der Waals surface area contributed by atoms with Crippen LogP contribution in [-0.2, 0) is 5.60 Å². The van der Waals surface area contributed by atoms with Crippen LogP contribution < -0.4 is 0 Å². The fourth-order valence-electron chi connectivity index (χ4n) is 3.08. The minimum Gasteiger partial charge on any atom is -0.381 e. The molecule has 0 radical (unpaired) electrons. The van der Waals surface area contributed by atoms with E-state index >= 15 is 0 Å². The molecule has 3 aromatic rings. The lowest BCUT2D eigenvalue weighted by Crippen LogP contribution is -2.34. The van der Waals surface area contributed by atoms with Gasteiger partial charge in [0.15, 0.2) is 0 Å². The van der Waals surface area contributed by atoms with E-state index in [1.54, 1.807) is 11.0 Å². The first-order valence-corrected chi connectivity index (χ1v) is 7.78. The first kappa shape index (κ1) is 14.6. The number of rotatable bonds is 3. The number of nitrogens with one attached hydrogen (secondary N) is 2. The molecule has 1 amide bonds. The predicted octanol–water partition coefficient (Wildman–Crippen LogP) is 1.53. The van der Waals surface area contributed by atoms with Crippen molar-refractivity contribution >= 4 is 5.91 Å². The van der Waals surface area contributed by atoms with Gasteiger partial charge in [0, 0.05) is 18.7 Å². The Balaban J connectivity index is 1.52. The largest absolute Gasteiger partial charge is 0.381 e. The second kappa shape index (κ2) is 5.61. The second-order valence-corrected chi connectivity index (χ2v) is 6.02. The van der Waals surface area contributed by atoms with Gasteiger partial charge in [-0.25, -0.2) is 0 Å². The van der Waals surface area contributed by atoms with Crippen LogP contribution in [0.25, 0.3) is 11.3 Å². The SMILES string of the molecule is O=C(c1ccc(-c2ccccc2)[nH]1)N1CC[C@](O)(c2cn[nH]n2)C1. The second-order valence-electron chi connectivity index (χ2n) is 6.02. The number of nitrogens with zero attached hydrogens (tertiary/aromatic N) is 3. The smallest absolute Gasteiger partial charge is 0.270 e. The quantitative estimate of drug-likeness (QED) is 0.681. The number of β-amino-alcohol motifs (C(OH)–C–C–N with tert-alkyl or cyclic N) is 1. The molecule has 7 heteroatoms. The number of likely N-dealkylation sites (tertiary alicyclic amines) is 1. The minimum absolute atomic E-state index is 0.128. The van der Waals surface area contributed by atoms with Gasteiger partial charge in [0.1, 0.15) is 17.0 Å². The minimum atomic E-state index is -1.14. The standard InChI is InChI=1S/C17H17N5O2/c23-16(14-7-6-13(19-14)12-4-2-1-3-5-12)22-9-8-17(24,11-22)15-10-18-21-20-15/h1-7,10,19,24H,8-9,11H2,(H,18,20,21)/t17-/m1/s1. The van der Waals surface area contributed by atoms with Crippen molar-refractivity contribution in [2.24, 2.45) is 0 Å². The van der Waals surface area contributed by atoms with E-state index in [-0.39, 0.29) is 12.5 Å². The number of aromatic nitrogens is 4. The summed E-state index contributed by atoms with van der Waals surface area (Å²) in [6, 6.07) is 13.5. The summed E-state index contributed by atoms with van der Waals surface area (Å²) >= 11 is 0. The van der Waals surface area contributed by atoms with Crippen molar-refractivity contribution in [3.05, 3.63) is 60.0 Å². The number of aliphatic hydroxyl groups is 1. The number of amides is 1. The molecule has 24 heavy (non-hydrogen) atoms. The number of carbonyl (C=O) groups is 1. The van der Waals surface area contributed by atoms with Crippen LogP contribution in [0.3, 0.4) is 0 Å².